The number of ketones is 1. The van der Waals surface area contributed by atoms with Crippen molar-refractivity contribution in [1.29, 1.82) is 0 Å². The zero-order chi connectivity index (χ0) is 14.0. The zero-order valence-corrected chi connectivity index (χ0v) is 12.0. The first-order valence-electron chi connectivity index (χ1n) is 6.54. The molecular weight excluding hydrogens is 234 g/mol. The number of benzene rings is 1. The van der Waals surface area contributed by atoms with Gasteiger partial charge in [0, 0.05) is 17.7 Å². The van der Waals surface area contributed by atoms with Gasteiger partial charge in [0.25, 0.3) is 0 Å². The van der Waals surface area contributed by atoms with Crippen LogP contribution in [0.5, 0.6) is 0 Å². The van der Waals surface area contributed by atoms with Crippen LogP contribution < -0.4 is 4.57 Å². The number of nitrogens with zero attached hydrogens (tertiary/aromatic N) is 1. The number of carbonyl (C=O) groups is 1. The first-order chi connectivity index (χ1) is 8.97. The van der Waals surface area contributed by atoms with Crippen LogP contribution in [-0.4, -0.2) is 5.78 Å². The summed E-state index contributed by atoms with van der Waals surface area (Å²) in [5.74, 6) is 0.170. The third kappa shape index (κ3) is 3.08. The molecular formula is C17H20NO+. The molecule has 2 nitrogen and oxygen atoms in total. The molecule has 0 aliphatic rings. The second-order valence-electron chi connectivity index (χ2n) is 5.24. The summed E-state index contributed by atoms with van der Waals surface area (Å²) in [6, 6.07) is 8.17. The highest BCUT2D eigenvalue weighted by Gasteiger charge is 2.16. The number of carbonyl (C=O) groups excluding carboxylic acids is 1. The van der Waals surface area contributed by atoms with Gasteiger partial charge in [0.2, 0.25) is 12.3 Å². The molecule has 1 heterocycles. The van der Waals surface area contributed by atoms with E-state index in [-0.39, 0.29) is 5.78 Å². The Balaban J connectivity index is 2.28. The van der Waals surface area contributed by atoms with Crippen molar-refractivity contribution in [2.45, 2.75) is 34.2 Å². The minimum absolute atomic E-state index is 0.170. The van der Waals surface area contributed by atoms with Crippen LogP contribution in [0.4, 0.5) is 0 Å². The SMILES string of the molecule is Cc1cc[n+](CC(=O)c2c(C)cc(C)cc2C)cc1. The van der Waals surface area contributed by atoms with Gasteiger partial charge in [0.15, 0.2) is 12.4 Å². The molecule has 0 N–H and O–H groups in total. The molecule has 0 spiro atoms. The number of hydrogen-bond acceptors (Lipinski definition) is 1. The smallest absolute Gasteiger partial charge is 0.228 e. The van der Waals surface area contributed by atoms with E-state index in [9.17, 15) is 4.79 Å². The first-order valence-corrected chi connectivity index (χ1v) is 6.54. The summed E-state index contributed by atoms with van der Waals surface area (Å²) in [6.07, 6.45) is 3.90. The van der Waals surface area contributed by atoms with E-state index in [2.05, 4.69) is 19.1 Å². The molecule has 2 rings (SSSR count). The highest BCUT2D eigenvalue weighted by Crippen LogP contribution is 2.17. The molecule has 0 radical (unpaired) electrons. The second-order valence-corrected chi connectivity index (χ2v) is 5.24. The van der Waals surface area contributed by atoms with Crippen molar-refractivity contribution < 1.29 is 9.36 Å². The number of aryl methyl sites for hydroxylation is 4. The molecule has 0 bridgehead atoms. The number of Topliss-reactive ketones (excluding diaryl/α,β-unsaturated/α-hetero) is 1. The van der Waals surface area contributed by atoms with Crippen LogP contribution in [0.3, 0.4) is 0 Å². The highest BCUT2D eigenvalue weighted by molar-refractivity contribution is 5.97. The van der Waals surface area contributed by atoms with Gasteiger partial charge < -0.3 is 0 Å². The molecule has 0 amide bonds. The van der Waals surface area contributed by atoms with Gasteiger partial charge in [-0.05, 0) is 44.4 Å². The van der Waals surface area contributed by atoms with Crippen LogP contribution >= 0.6 is 0 Å². The highest BCUT2D eigenvalue weighted by atomic mass is 16.1. The van der Waals surface area contributed by atoms with Gasteiger partial charge in [-0.15, -0.1) is 0 Å². The van der Waals surface area contributed by atoms with E-state index in [1.807, 2.05) is 49.9 Å². The van der Waals surface area contributed by atoms with E-state index in [0.717, 1.165) is 16.7 Å². The van der Waals surface area contributed by atoms with E-state index in [0.29, 0.717) is 6.54 Å². The van der Waals surface area contributed by atoms with Crippen molar-refractivity contribution in [3.8, 4) is 0 Å². The number of aromatic nitrogens is 1. The third-order valence-electron chi connectivity index (χ3n) is 3.34. The minimum Gasteiger partial charge on any atom is -0.287 e. The first kappa shape index (κ1) is 13.5. The predicted octanol–water partition coefficient (Wildman–Crippen LogP) is 3.09. The van der Waals surface area contributed by atoms with Crippen LogP contribution in [-0.2, 0) is 6.54 Å². The monoisotopic (exact) mass is 254 g/mol. The lowest BCUT2D eigenvalue weighted by Gasteiger charge is -2.08. The number of hydrogen-bond donors (Lipinski definition) is 0. The van der Waals surface area contributed by atoms with Gasteiger partial charge >= 0.3 is 0 Å². The Hall–Kier alpha value is -1.96. The molecule has 1 aromatic carbocycles. The lowest BCUT2D eigenvalue weighted by Crippen LogP contribution is -2.37. The average Bonchev–Trinajstić information content (AvgIpc) is 2.30. The van der Waals surface area contributed by atoms with Crippen molar-refractivity contribution in [2.75, 3.05) is 0 Å². The van der Waals surface area contributed by atoms with E-state index in [1.54, 1.807) is 0 Å². The molecule has 0 aliphatic heterocycles. The van der Waals surface area contributed by atoms with Gasteiger partial charge in [-0.25, -0.2) is 0 Å². The molecule has 0 atom stereocenters. The zero-order valence-electron chi connectivity index (χ0n) is 12.0. The molecule has 0 fully saturated rings. The molecule has 19 heavy (non-hydrogen) atoms. The van der Waals surface area contributed by atoms with Crippen molar-refractivity contribution in [1.82, 2.24) is 0 Å². The number of pyridine rings is 1. The summed E-state index contributed by atoms with van der Waals surface area (Å²) in [6.45, 7) is 8.51. The fraction of sp³-hybridized carbons (Fsp3) is 0.294. The van der Waals surface area contributed by atoms with E-state index >= 15 is 0 Å². The summed E-state index contributed by atoms with van der Waals surface area (Å²) in [5, 5.41) is 0. The largest absolute Gasteiger partial charge is 0.287 e. The topological polar surface area (TPSA) is 20.9 Å². The quantitative estimate of drug-likeness (QED) is 0.609. The van der Waals surface area contributed by atoms with Crippen LogP contribution in [0.1, 0.15) is 32.6 Å². The molecule has 0 saturated heterocycles. The van der Waals surface area contributed by atoms with Crippen molar-refractivity contribution in [2.24, 2.45) is 0 Å². The van der Waals surface area contributed by atoms with Crippen LogP contribution in [0.15, 0.2) is 36.7 Å². The predicted molar refractivity (Wildman–Crippen MR) is 76.4 cm³/mol. The lowest BCUT2D eigenvalue weighted by molar-refractivity contribution is -0.683. The fourth-order valence-corrected chi connectivity index (χ4v) is 2.50. The van der Waals surface area contributed by atoms with E-state index < -0.39 is 0 Å². The van der Waals surface area contributed by atoms with Crippen molar-refractivity contribution >= 4 is 5.78 Å². The second kappa shape index (κ2) is 5.35. The maximum absolute atomic E-state index is 12.4. The Labute approximate surface area is 114 Å². The van der Waals surface area contributed by atoms with Gasteiger partial charge in [-0.2, -0.15) is 4.57 Å². The summed E-state index contributed by atoms with van der Waals surface area (Å²) in [7, 11) is 0. The van der Waals surface area contributed by atoms with Gasteiger partial charge in [-0.3, -0.25) is 4.79 Å². The fourth-order valence-electron chi connectivity index (χ4n) is 2.50. The molecule has 0 unspecified atom stereocenters. The van der Waals surface area contributed by atoms with E-state index in [1.165, 1.54) is 11.1 Å². The Kier molecular flexibility index (Phi) is 3.79. The Morgan fingerprint density at radius 2 is 1.47 bits per heavy atom. The van der Waals surface area contributed by atoms with Gasteiger partial charge in [0.05, 0.1) is 0 Å². The van der Waals surface area contributed by atoms with Crippen molar-refractivity contribution in [3.05, 3.63) is 64.5 Å². The maximum Gasteiger partial charge on any atom is 0.228 e. The summed E-state index contributed by atoms with van der Waals surface area (Å²) in [4.78, 5) is 12.4. The van der Waals surface area contributed by atoms with Gasteiger partial charge in [0.1, 0.15) is 0 Å². The lowest BCUT2D eigenvalue weighted by atomic mass is 9.96. The van der Waals surface area contributed by atoms with Crippen LogP contribution in [0.2, 0.25) is 0 Å². The van der Waals surface area contributed by atoms with Gasteiger partial charge in [-0.1, -0.05) is 17.7 Å². The van der Waals surface area contributed by atoms with Crippen LogP contribution in [0, 0.1) is 27.7 Å². The molecule has 1 aromatic heterocycles. The molecule has 2 heteroatoms. The normalized spacial score (nSPS) is 10.5. The average molecular weight is 254 g/mol. The van der Waals surface area contributed by atoms with E-state index in [4.69, 9.17) is 0 Å². The van der Waals surface area contributed by atoms with Crippen molar-refractivity contribution in [3.63, 3.8) is 0 Å². The Bertz CT molecular complexity index is 589. The number of rotatable bonds is 3. The van der Waals surface area contributed by atoms with Crippen LogP contribution in [0.25, 0.3) is 0 Å². The third-order valence-corrected chi connectivity index (χ3v) is 3.34. The maximum atomic E-state index is 12.4. The molecule has 2 aromatic rings. The summed E-state index contributed by atoms with van der Waals surface area (Å²) < 4.78 is 1.92. The molecule has 0 aliphatic carbocycles. The Morgan fingerprint density at radius 1 is 0.947 bits per heavy atom. The molecule has 98 valence electrons. The summed E-state index contributed by atoms with van der Waals surface area (Å²) >= 11 is 0. The Morgan fingerprint density at radius 3 is 2.00 bits per heavy atom. The minimum atomic E-state index is 0.170. The standard InChI is InChI=1S/C17H20NO/c1-12-5-7-18(8-6-12)11-16(19)17-14(3)9-13(2)10-15(17)4/h5-10H,11H2,1-4H3/q+1. The molecule has 0 saturated carbocycles. The summed E-state index contributed by atoms with van der Waals surface area (Å²) in [5.41, 5.74) is 5.39.